The third-order valence-electron chi connectivity index (χ3n) is 4.93. The molecule has 2 aromatic carbocycles. The maximum Gasteiger partial charge on any atom is 0.416 e. The van der Waals surface area contributed by atoms with Gasteiger partial charge in [-0.15, -0.1) is 0 Å². The Labute approximate surface area is 167 Å². The molecular formula is C20H21F3N2O3S. The second-order valence-electron chi connectivity index (χ2n) is 6.91. The number of benzene rings is 2. The SMILES string of the molecule is O=C(NCc1ccccc1)C1CCN(S(=O)(=O)c2cccc(C(F)(F)F)c2)CC1. The summed E-state index contributed by atoms with van der Waals surface area (Å²) in [7, 11) is -4.05. The van der Waals surface area contributed by atoms with Gasteiger partial charge in [0.1, 0.15) is 0 Å². The summed E-state index contributed by atoms with van der Waals surface area (Å²) in [4.78, 5) is 12.0. The smallest absolute Gasteiger partial charge is 0.352 e. The number of halogens is 3. The molecule has 1 N–H and O–H groups in total. The molecule has 0 atom stereocenters. The summed E-state index contributed by atoms with van der Waals surface area (Å²) < 4.78 is 65.2. The van der Waals surface area contributed by atoms with Gasteiger partial charge in [-0.05, 0) is 36.6 Å². The molecule has 0 unspecified atom stereocenters. The highest BCUT2D eigenvalue weighted by molar-refractivity contribution is 7.89. The van der Waals surface area contributed by atoms with Crippen molar-refractivity contribution in [2.75, 3.05) is 13.1 Å². The fourth-order valence-corrected chi connectivity index (χ4v) is 4.79. The number of carbonyl (C=O) groups excluding carboxylic acids is 1. The Morgan fingerprint density at radius 1 is 1.03 bits per heavy atom. The van der Waals surface area contributed by atoms with Crippen LogP contribution in [0.5, 0.6) is 0 Å². The minimum Gasteiger partial charge on any atom is -0.352 e. The summed E-state index contributed by atoms with van der Waals surface area (Å²) >= 11 is 0. The zero-order valence-corrected chi connectivity index (χ0v) is 16.3. The van der Waals surface area contributed by atoms with Crippen LogP contribution in [0.15, 0.2) is 59.5 Å². The van der Waals surface area contributed by atoms with Crippen LogP contribution >= 0.6 is 0 Å². The molecule has 29 heavy (non-hydrogen) atoms. The van der Waals surface area contributed by atoms with E-state index in [2.05, 4.69) is 5.32 Å². The van der Waals surface area contributed by atoms with Crippen LogP contribution in [0.25, 0.3) is 0 Å². The van der Waals surface area contributed by atoms with Gasteiger partial charge < -0.3 is 5.32 Å². The van der Waals surface area contributed by atoms with E-state index in [1.807, 2.05) is 30.3 Å². The van der Waals surface area contributed by atoms with E-state index in [1.165, 1.54) is 0 Å². The molecule has 2 aromatic rings. The minimum absolute atomic E-state index is 0.0853. The molecule has 9 heteroatoms. The van der Waals surface area contributed by atoms with E-state index in [1.54, 1.807) is 0 Å². The van der Waals surface area contributed by atoms with Gasteiger partial charge in [-0.3, -0.25) is 4.79 Å². The largest absolute Gasteiger partial charge is 0.416 e. The van der Waals surface area contributed by atoms with Gasteiger partial charge in [0.15, 0.2) is 0 Å². The second kappa shape index (κ2) is 8.54. The molecule has 0 bridgehead atoms. The molecule has 3 rings (SSSR count). The van der Waals surface area contributed by atoms with Gasteiger partial charge in [-0.2, -0.15) is 17.5 Å². The van der Waals surface area contributed by atoms with Crippen LogP contribution in [-0.2, 0) is 27.5 Å². The number of amides is 1. The van der Waals surface area contributed by atoms with E-state index in [0.29, 0.717) is 25.5 Å². The Balaban J connectivity index is 1.60. The van der Waals surface area contributed by atoms with Gasteiger partial charge in [-0.1, -0.05) is 36.4 Å². The van der Waals surface area contributed by atoms with Crippen molar-refractivity contribution in [3.63, 3.8) is 0 Å². The van der Waals surface area contributed by atoms with Gasteiger partial charge in [0.05, 0.1) is 10.5 Å². The van der Waals surface area contributed by atoms with Crippen LogP contribution < -0.4 is 5.32 Å². The van der Waals surface area contributed by atoms with Crippen molar-refractivity contribution in [1.29, 1.82) is 0 Å². The predicted molar refractivity (Wildman–Crippen MR) is 101 cm³/mol. The summed E-state index contributed by atoms with van der Waals surface area (Å²) in [6.45, 7) is 0.562. The van der Waals surface area contributed by atoms with Crippen LogP contribution in [-0.4, -0.2) is 31.7 Å². The maximum atomic E-state index is 12.9. The lowest BCUT2D eigenvalue weighted by atomic mass is 9.97. The van der Waals surface area contributed by atoms with Gasteiger partial charge in [0.25, 0.3) is 0 Å². The first kappa shape index (κ1) is 21.3. The van der Waals surface area contributed by atoms with E-state index in [4.69, 9.17) is 0 Å². The first-order valence-electron chi connectivity index (χ1n) is 9.17. The number of nitrogens with zero attached hydrogens (tertiary/aromatic N) is 1. The van der Waals surface area contributed by atoms with Crippen LogP contribution in [0.3, 0.4) is 0 Å². The Bertz CT molecular complexity index is 954. The van der Waals surface area contributed by atoms with Crippen molar-refractivity contribution in [3.8, 4) is 0 Å². The maximum absolute atomic E-state index is 12.9. The number of sulfonamides is 1. The summed E-state index contributed by atoms with van der Waals surface area (Å²) in [5.41, 5.74) is -0.0424. The molecule has 1 aliphatic rings. The van der Waals surface area contributed by atoms with Gasteiger partial charge in [0.2, 0.25) is 15.9 Å². The normalized spacial score (nSPS) is 16.5. The highest BCUT2D eigenvalue weighted by Crippen LogP contribution is 2.32. The standard InChI is InChI=1S/C20H21F3N2O3S/c21-20(22,23)17-7-4-8-18(13-17)29(27,28)25-11-9-16(10-12-25)19(26)24-14-15-5-2-1-3-6-15/h1-8,13,16H,9-12,14H2,(H,24,26). The van der Waals surface area contributed by atoms with E-state index in [9.17, 15) is 26.4 Å². The van der Waals surface area contributed by atoms with E-state index in [-0.39, 0.29) is 29.8 Å². The summed E-state index contributed by atoms with van der Waals surface area (Å²) in [6, 6.07) is 13.1. The first-order chi connectivity index (χ1) is 13.7. The number of rotatable bonds is 5. The second-order valence-corrected chi connectivity index (χ2v) is 8.85. The molecular weight excluding hydrogens is 405 g/mol. The number of hydrogen-bond donors (Lipinski definition) is 1. The zero-order valence-electron chi connectivity index (χ0n) is 15.5. The average molecular weight is 426 g/mol. The topological polar surface area (TPSA) is 66.5 Å². The van der Waals surface area contributed by atoms with Crippen molar-refractivity contribution in [3.05, 3.63) is 65.7 Å². The zero-order chi connectivity index (χ0) is 21.1. The minimum atomic E-state index is -4.62. The van der Waals surface area contributed by atoms with Crippen LogP contribution in [0, 0.1) is 5.92 Å². The quantitative estimate of drug-likeness (QED) is 0.797. The van der Waals surface area contributed by atoms with Crippen LogP contribution in [0.1, 0.15) is 24.0 Å². The highest BCUT2D eigenvalue weighted by atomic mass is 32.2. The number of carbonyl (C=O) groups is 1. The molecule has 1 saturated heterocycles. The Kier molecular flexibility index (Phi) is 6.28. The number of nitrogens with one attached hydrogen (secondary N) is 1. The summed E-state index contributed by atoms with van der Waals surface area (Å²) in [5, 5.41) is 2.85. The fraction of sp³-hybridized carbons (Fsp3) is 0.350. The van der Waals surface area contributed by atoms with E-state index in [0.717, 1.165) is 28.1 Å². The fourth-order valence-electron chi connectivity index (χ4n) is 3.27. The van der Waals surface area contributed by atoms with Crippen molar-refractivity contribution >= 4 is 15.9 Å². The molecule has 0 spiro atoms. The molecule has 0 aliphatic carbocycles. The monoisotopic (exact) mass is 426 g/mol. The number of alkyl halides is 3. The lowest BCUT2D eigenvalue weighted by molar-refractivity contribution is -0.137. The lowest BCUT2D eigenvalue weighted by Crippen LogP contribution is -2.42. The molecule has 0 saturated carbocycles. The molecule has 0 radical (unpaired) electrons. The molecule has 1 heterocycles. The third-order valence-corrected chi connectivity index (χ3v) is 6.83. The van der Waals surface area contributed by atoms with Gasteiger partial charge in [0, 0.05) is 25.6 Å². The lowest BCUT2D eigenvalue weighted by Gasteiger charge is -2.30. The molecule has 5 nitrogen and oxygen atoms in total. The van der Waals surface area contributed by atoms with E-state index >= 15 is 0 Å². The summed E-state index contributed by atoms with van der Waals surface area (Å²) in [5.74, 6) is -0.475. The molecule has 0 aromatic heterocycles. The first-order valence-corrected chi connectivity index (χ1v) is 10.6. The predicted octanol–water partition coefficient (Wildman–Crippen LogP) is 3.42. The summed E-state index contributed by atoms with van der Waals surface area (Å²) in [6.07, 6.45) is -3.98. The van der Waals surface area contributed by atoms with Crippen molar-refractivity contribution in [2.45, 2.75) is 30.5 Å². The molecule has 1 amide bonds. The van der Waals surface area contributed by atoms with Gasteiger partial charge >= 0.3 is 6.18 Å². The van der Waals surface area contributed by atoms with E-state index < -0.39 is 21.8 Å². The highest BCUT2D eigenvalue weighted by Gasteiger charge is 2.35. The van der Waals surface area contributed by atoms with Crippen LogP contribution in [0.2, 0.25) is 0 Å². The van der Waals surface area contributed by atoms with Crippen molar-refractivity contribution in [1.82, 2.24) is 9.62 Å². The van der Waals surface area contributed by atoms with Crippen molar-refractivity contribution < 1.29 is 26.4 Å². The van der Waals surface area contributed by atoms with Gasteiger partial charge in [-0.25, -0.2) is 8.42 Å². The number of hydrogen-bond acceptors (Lipinski definition) is 3. The Morgan fingerprint density at radius 3 is 2.31 bits per heavy atom. The third kappa shape index (κ3) is 5.16. The molecule has 1 aliphatic heterocycles. The van der Waals surface area contributed by atoms with Crippen LogP contribution in [0.4, 0.5) is 13.2 Å². The molecule has 1 fully saturated rings. The molecule has 156 valence electrons. The van der Waals surface area contributed by atoms with Crippen molar-refractivity contribution in [2.24, 2.45) is 5.92 Å². The Morgan fingerprint density at radius 2 is 1.69 bits per heavy atom. The Hall–Kier alpha value is -2.39. The number of piperidine rings is 1. The average Bonchev–Trinajstić information content (AvgIpc) is 2.72.